The molecule has 0 saturated heterocycles. The van der Waals surface area contributed by atoms with Gasteiger partial charge in [-0.15, -0.1) is 0 Å². The molecule has 20 heavy (non-hydrogen) atoms. The fraction of sp³-hybridized carbons (Fsp3) is 0.250. The quantitative estimate of drug-likeness (QED) is 0.647. The summed E-state index contributed by atoms with van der Waals surface area (Å²) in [5.74, 6) is 0.152. The highest BCUT2D eigenvalue weighted by molar-refractivity contribution is 5.26. The molecular weight excluding hydrogens is 254 g/mol. The highest BCUT2D eigenvalue weighted by Crippen LogP contribution is 2.22. The Morgan fingerprint density at radius 3 is 2.30 bits per heavy atom. The van der Waals surface area contributed by atoms with Crippen LogP contribution in [0.4, 0.5) is 0 Å². The molecule has 104 valence electrons. The molecule has 0 radical (unpaired) electrons. The second-order valence-corrected chi connectivity index (χ2v) is 4.83. The monoisotopic (exact) mass is 271 g/mol. The van der Waals surface area contributed by atoms with E-state index in [0.29, 0.717) is 0 Å². The summed E-state index contributed by atoms with van der Waals surface area (Å²) in [6, 6.07) is 16.6. The Hall–Kier alpha value is -2.36. The average molecular weight is 271 g/mol. The van der Waals surface area contributed by atoms with Crippen LogP contribution in [-0.2, 0) is 6.42 Å². The third-order valence-electron chi connectivity index (χ3n) is 3.36. The van der Waals surface area contributed by atoms with Crippen molar-refractivity contribution in [2.45, 2.75) is 18.8 Å². The summed E-state index contributed by atoms with van der Waals surface area (Å²) in [4.78, 5) is 10.6. The Balaban J connectivity index is 2.04. The molecular formula is C16H17NO3. The first kappa shape index (κ1) is 14.1. The lowest BCUT2D eigenvalue weighted by Crippen LogP contribution is -2.13. The summed E-state index contributed by atoms with van der Waals surface area (Å²) in [5.41, 5.74) is 2.08. The van der Waals surface area contributed by atoms with Crippen LogP contribution in [0.25, 0.3) is 0 Å². The van der Waals surface area contributed by atoms with Crippen molar-refractivity contribution in [2.24, 2.45) is 0 Å². The van der Waals surface area contributed by atoms with Crippen LogP contribution in [0.2, 0.25) is 0 Å². The second kappa shape index (κ2) is 6.70. The minimum Gasteiger partial charge on any atom is -0.508 e. The highest BCUT2D eigenvalue weighted by atomic mass is 16.6. The van der Waals surface area contributed by atoms with Crippen LogP contribution in [0, 0.1) is 10.1 Å². The SMILES string of the molecule is O=[N+]([O-])CC(CCc1ccc(O)cc1)c1ccccc1. The van der Waals surface area contributed by atoms with E-state index in [4.69, 9.17) is 0 Å². The summed E-state index contributed by atoms with van der Waals surface area (Å²) >= 11 is 0. The summed E-state index contributed by atoms with van der Waals surface area (Å²) < 4.78 is 0. The van der Waals surface area contributed by atoms with Crippen LogP contribution < -0.4 is 0 Å². The number of hydrogen-bond acceptors (Lipinski definition) is 3. The van der Waals surface area contributed by atoms with Crippen LogP contribution in [-0.4, -0.2) is 16.6 Å². The molecule has 0 amide bonds. The molecule has 4 heteroatoms. The van der Waals surface area contributed by atoms with Gasteiger partial charge in [0.1, 0.15) is 5.75 Å². The van der Waals surface area contributed by atoms with E-state index in [2.05, 4.69) is 0 Å². The van der Waals surface area contributed by atoms with Gasteiger partial charge in [-0.3, -0.25) is 10.1 Å². The van der Waals surface area contributed by atoms with Gasteiger partial charge in [-0.2, -0.15) is 0 Å². The molecule has 1 unspecified atom stereocenters. The van der Waals surface area contributed by atoms with Gasteiger partial charge in [0.15, 0.2) is 0 Å². The zero-order valence-corrected chi connectivity index (χ0v) is 11.1. The summed E-state index contributed by atoms with van der Waals surface area (Å²) in [6.07, 6.45) is 1.48. The van der Waals surface area contributed by atoms with Crippen molar-refractivity contribution < 1.29 is 10.0 Å². The number of hydrogen-bond donors (Lipinski definition) is 1. The molecule has 0 bridgehead atoms. The lowest BCUT2D eigenvalue weighted by Gasteiger charge is -2.13. The summed E-state index contributed by atoms with van der Waals surface area (Å²) in [6.45, 7) is -0.0535. The van der Waals surface area contributed by atoms with Gasteiger partial charge in [0.2, 0.25) is 6.54 Å². The standard InChI is InChI=1S/C16H17NO3/c18-16-10-7-13(8-11-16)6-9-15(12-17(19)20)14-4-2-1-3-5-14/h1-5,7-8,10-11,15,18H,6,9,12H2. The van der Waals surface area contributed by atoms with Crippen molar-refractivity contribution in [3.05, 3.63) is 75.8 Å². The molecule has 0 aliphatic heterocycles. The molecule has 0 spiro atoms. The van der Waals surface area contributed by atoms with Crippen molar-refractivity contribution >= 4 is 0 Å². The minimum absolute atomic E-state index is 0.0535. The molecule has 0 aromatic heterocycles. The van der Waals surface area contributed by atoms with Crippen molar-refractivity contribution in [1.82, 2.24) is 0 Å². The molecule has 0 aliphatic rings. The summed E-state index contributed by atoms with van der Waals surface area (Å²) in [7, 11) is 0. The zero-order chi connectivity index (χ0) is 14.4. The normalized spacial score (nSPS) is 12.0. The molecule has 2 aromatic carbocycles. The van der Waals surface area contributed by atoms with Crippen LogP contribution in [0.3, 0.4) is 0 Å². The number of benzene rings is 2. The smallest absolute Gasteiger partial charge is 0.210 e. The van der Waals surface area contributed by atoms with E-state index in [1.54, 1.807) is 12.1 Å². The Morgan fingerprint density at radius 1 is 1.05 bits per heavy atom. The van der Waals surface area contributed by atoms with Crippen molar-refractivity contribution in [1.29, 1.82) is 0 Å². The van der Waals surface area contributed by atoms with Crippen LogP contribution in [0.5, 0.6) is 5.75 Å². The number of phenols is 1. The van der Waals surface area contributed by atoms with Gasteiger partial charge in [-0.25, -0.2) is 0 Å². The molecule has 1 atom stereocenters. The van der Waals surface area contributed by atoms with E-state index in [9.17, 15) is 15.2 Å². The molecule has 2 aromatic rings. The molecule has 1 N–H and O–H groups in total. The Kier molecular flexibility index (Phi) is 4.71. The largest absolute Gasteiger partial charge is 0.508 e. The Labute approximate surface area is 117 Å². The lowest BCUT2D eigenvalue weighted by molar-refractivity contribution is -0.483. The number of aromatic hydroxyl groups is 1. The van der Waals surface area contributed by atoms with Gasteiger partial charge < -0.3 is 5.11 Å². The molecule has 2 rings (SSSR count). The fourth-order valence-corrected chi connectivity index (χ4v) is 2.27. The van der Waals surface area contributed by atoms with Gasteiger partial charge in [0, 0.05) is 10.8 Å². The van der Waals surface area contributed by atoms with Crippen molar-refractivity contribution in [3.8, 4) is 5.75 Å². The number of rotatable bonds is 6. The minimum atomic E-state index is -0.255. The maximum atomic E-state index is 10.8. The Bertz CT molecular complexity index is 552. The maximum Gasteiger partial charge on any atom is 0.210 e. The van der Waals surface area contributed by atoms with Gasteiger partial charge in [0.25, 0.3) is 0 Å². The zero-order valence-electron chi connectivity index (χ0n) is 11.1. The van der Waals surface area contributed by atoms with E-state index in [1.165, 1.54) is 0 Å². The van der Waals surface area contributed by atoms with Crippen LogP contribution >= 0.6 is 0 Å². The summed E-state index contributed by atoms with van der Waals surface area (Å²) in [5, 5.41) is 20.1. The van der Waals surface area contributed by atoms with E-state index in [-0.39, 0.29) is 23.1 Å². The lowest BCUT2D eigenvalue weighted by atomic mass is 9.92. The van der Waals surface area contributed by atoms with E-state index >= 15 is 0 Å². The maximum absolute atomic E-state index is 10.8. The number of nitrogens with zero attached hydrogens (tertiary/aromatic N) is 1. The van der Waals surface area contributed by atoms with Crippen molar-refractivity contribution in [2.75, 3.05) is 6.54 Å². The first-order valence-electron chi connectivity index (χ1n) is 6.60. The topological polar surface area (TPSA) is 63.4 Å². The third-order valence-corrected chi connectivity index (χ3v) is 3.36. The van der Waals surface area contributed by atoms with Crippen LogP contribution in [0.15, 0.2) is 54.6 Å². The van der Waals surface area contributed by atoms with Gasteiger partial charge in [-0.05, 0) is 36.1 Å². The number of nitro groups is 1. The number of phenolic OH excluding ortho intramolecular Hbond substituents is 1. The first-order chi connectivity index (χ1) is 9.65. The first-order valence-corrected chi connectivity index (χ1v) is 6.60. The average Bonchev–Trinajstić information content (AvgIpc) is 2.46. The van der Waals surface area contributed by atoms with Crippen molar-refractivity contribution in [3.63, 3.8) is 0 Å². The number of aryl methyl sites for hydroxylation is 1. The van der Waals surface area contributed by atoms with E-state index < -0.39 is 0 Å². The third kappa shape index (κ3) is 4.09. The highest BCUT2D eigenvalue weighted by Gasteiger charge is 2.17. The van der Waals surface area contributed by atoms with Gasteiger partial charge >= 0.3 is 0 Å². The molecule has 0 aliphatic carbocycles. The van der Waals surface area contributed by atoms with Gasteiger partial charge in [-0.1, -0.05) is 42.5 Å². The Morgan fingerprint density at radius 2 is 1.70 bits per heavy atom. The molecule has 4 nitrogen and oxygen atoms in total. The predicted molar refractivity (Wildman–Crippen MR) is 77.5 cm³/mol. The van der Waals surface area contributed by atoms with E-state index in [0.717, 1.165) is 24.0 Å². The predicted octanol–water partition coefficient (Wildman–Crippen LogP) is 3.39. The molecule has 0 fully saturated rings. The van der Waals surface area contributed by atoms with Gasteiger partial charge in [0.05, 0.1) is 0 Å². The molecule has 0 saturated carbocycles. The fourth-order valence-electron chi connectivity index (χ4n) is 2.27. The van der Waals surface area contributed by atoms with Crippen LogP contribution in [0.1, 0.15) is 23.5 Å². The van der Waals surface area contributed by atoms with E-state index in [1.807, 2.05) is 42.5 Å². The molecule has 0 heterocycles. The second-order valence-electron chi connectivity index (χ2n) is 4.83.